The lowest BCUT2D eigenvalue weighted by molar-refractivity contribution is 0.767. The normalized spacial score (nSPS) is 11.4. The van der Waals surface area contributed by atoms with Crippen molar-refractivity contribution in [3.05, 3.63) is 91.0 Å². The predicted molar refractivity (Wildman–Crippen MR) is 99.9 cm³/mol. The fraction of sp³-hybridized carbons (Fsp3) is 0.0476. The molecule has 0 unspecified atom stereocenters. The molecule has 120 valence electrons. The predicted octanol–water partition coefficient (Wildman–Crippen LogP) is 4.42. The van der Waals surface area contributed by atoms with Crippen LogP contribution in [0.1, 0.15) is 5.82 Å². The Labute approximate surface area is 145 Å². The Morgan fingerprint density at radius 1 is 0.680 bits per heavy atom. The minimum atomic E-state index is 0.670. The number of aromatic nitrogens is 4. The number of benzene rings is 3. The first-order chi connectivity index (χ1) is 12.4. The van der Waals surface area contributed by atoms with Gasteiger partial charge in [-0.25, -0.2) is 0 Å². The molecule has 5 aromatic rings. The van der Waals surface area contributed by atoms with Crippen molar-refractivity contribution in [2.24, 2.45) is 0 Å². The molecule has 0 atom stereocenters. The van der Waals surface area contributed by atoms with Crippen molar-refractivity contribution in [1.82, 2.24) is 19.3 Å². The Kier molecular flexibility index (Phi) is 3.13. The van der Waals surface area contributed by atoms with Crippen molar-refractivity contribution >= 4 is 21.8 Å². The molecule has 0 N–H and O–H groups in total. The maximum Gasteiger partial charge on any atom is 0.157 e. The molecule has 3 aromatic carbocycles. The lowest BCUT2D eigenvalue weighted by Crippen LogP contribution is -2.07. The van der Waals surface area contributed by atoms with Crippen molar-refractivity contribution in [3.63, 3.8) is 0 Å². The molecule has 0 spiro atoms. The van der Waals surface area contributed by atoms with Crippen LogP contribution in [-0.2, 0) is 6.54 Å². The molecule has 4 heteroatoms. The summed E-state index contributed by atoms with van der Waals surface area (Å²) in [7, 11) is 0. The zero-order chi connectivity index (χ0) is 16.6. The third-order valence-electron chi connectivity index (χ3n) is 4.63. The van der Waals surface area contributed by atoms with E-state index >= 15 is 0 Å². The molecule has 2 heterocycles. The van der Waals surface area contributed by atoms with E-state index in [1.807, 2.05) is 22.8 Å². The summed E-state index contributed by atoms with van der Waals surface area (Å²) < 4.78 is 4.36. The van der Waals surface area contributed by atoms with Crippen LogP contribution in [0.2, 0.25) is 0 Å². The molecule has 0 aliphatic heterocycles. The fourth-order valence-corrected chi connectivity index (χ4v) is 3.49. The van der Waals surface area contributed by atoms with Gasteiger partial charge in [-0.2, -0.15) is 0 Å². The van der Waals surface area contributed by atoms with Crippen molar-refractivity contribution in [3.8, 4) is 5.69 Å². The number of fused-ring (bicyclic) bond motifs is 3. The molecular formula is C21H16N4. The number of hydrogen-bond donors (Lipinski definition) is 0. The van der Waals surface area contributed by atoms with E-state index in [1.54, 1.807) is 6.33 Å². The molecule has 4 nitrogen and oxygen atoms in total. The average molecular weight is 324 g/mol. The standard InChI is InChI=1S/C21H16N4/c1-2-8-16(9-3-1)25-15-22-23-21(25)14-24-19-12-6-4-10-17(19)18-11-5-7-13-20(18)24/h1-13,15H,14H2. The first-order valence-corrected chi connectivity index (χ1v) is 8.32. The van der Waals surface area contributed by atoms with Crippen LogP contribution in [0.3, 0.4) is 0 Å². The van der Waals surface area contributed by atoms with Gasteiger partial charge >= 0.3 is 0 Å². The highest BCUT2D eigenvalue weighted by Crippen LogP contribution is 2.29. The first-order valence-electron chi connectivity index (χ1n) is 8.32. The Morgan fingerprint density at radius 3 is 1.96 bits per heavy atom. The van der Waals surface area contributed by atoms with Crippen LogP contribution in [0.15, 0.2) is 85.2 Å². The van der Waals surface area contributed by atoms with E-state index in [9.17, 15) is 0 Å². The molecule has 0 radical (unpaired) electrons. The lowest BCUT2D eigenvalue weighted by Gasteiger charge is -2.09. The minimum Gasteiger partial charge on any atom is -0.333 e. The van der Waals surface area contributed by atoms with Crippen LogP contribution in [0.5, 0.6) is 0 Å². The monoisotopic (exact) mass is 324 g/mol. The topological polar surface area (TPSA) is 35.6 Å². The highest BCUT2D eigenvalue weighted by atomic mass is 15.3. The van der Waals surface area contributed by atoms with Crippen LogP contribution in [0.4, 0.5) is 0 Å². The molecule has 0 aliphatic rings. The molecule has 2 aromatic heterocycles. The number of para-hydroxylation sites is 3. The second kappa shape index (κ2) is 5.60. The van der Waals surface area contributed by atoms with Gasteiger partial charge < -0.3 is 4.57 Å². The van der Waals surface area contributed by atoms with E-state index in [4.69, 9.17) is 0 Å². The first kappa shape index (κ1) is 14.0. The van der Waals surface area contributed by atoms with Crippen LogP contribution in [-0.4, -0.2) is 19.3 Å². The smallest absolute Gasteiger partial charge is 0.157 e. The summed E-state index contributed by atoms with van der Waals surface area (Å²) in [6.45, 7) is 0.670. The summed E-state index contributed by atoms with van der Waals surface area (Å²) in [6, 6.07) is 27.2. The number of nitrogens with zero attached hydrogens (tertiary/aromatic N) is 4. The van der Waals surface area contributed by atoms with Gasteiger partial charge in [-0.1, -0.05) is 54.6 Å². The van der Waals surface area contributed by atoms with E-state index in [-0.39, 0.29) is 0 Å². The molecule has 0 saturated heterocycles. The van der Waals surface area contributed by atoms with Crippen molar-refractivity contribution in [2.75, 3.05) is 0 Å². The Bertz CT molecular complexity index is 1120. The molecule has 0 saturated carbocycles. The highest BCUT2D eigenvalue weighted by Gasteiger charge is 2.13. The van der Waals surface area contributed by atoms with E-state index < -0.39 is 0 Å². The molecule has 5 rings (SSSR count). The van der Waals surface area contributed by atoms with Gasteiger partial charge in [0.1, 0.15) is 6.33 Å². The molecular weight excluding hydrogens is 308 g/mol. The summed E-state index contributed by atoms with van der Waals surface area (Å²) in [5, 5.41) is 11.0. The molecule has 0 bridgehead atoms. The Hall–Kier alpha value is -3.40. The number of hydrogen-bond acceptors (Lipinski definition) is 2. The second-order valence-electron chi connectivity index (χ2n) is 6.07. The summed E-state index contributed by atoms with van der Waals surface area (Å²) >= 11 is 0. The Balaban J connectivity index is 1.70. The summed E-state index contributed by atoms with van der Waals surface area (Å²) in [5.41, 5.74) is 3.50. The van der Waals surface area contributed by atoms with Crippen molar-refractivity contribution < 1.29 is 0 Å². The van der Waals surface area contributed by atoms with Crippen molar-refractivity contribution in [2.45, 2.75) is 6.54 Å². The largest absolute Gasteiger partial charge is 0.333 e. The third-order valence-corrected chi connectivity index (χ3v) is 4.63. The summed E-state index contributed by atoms with van der Waals surface area (Å²) in [6.07, 6.45) is 1.78. The Morgan fingerprint density at radius 2 is 1.28 bits per heavy atom. The lowest BCUT2D eigenvalue weighted by atomic mass is 10.2. The highest BCUT2D eigenvalue weighted by molar-refractivity contribution is 6.07. The molecule has 0 amide bonds. The van der Waals surface area contributed by atoms with Gasteiger partial charge in [0.2, 0.25) is 0 Å². The maximum atomic E-state index is 4.37. The van der Waals surface area contributed by atoms with Gasteiger partial charge in [0.15, 0.2) is 5.82 Å². The summed E-state index contributed by atoms with van der Waals surface area (Å²) in [5.74, 6) is 0.915. The number of rotatable bonds is 3. The van der Waals surface area contributed by atoms with Gasteiger partial charge in [-0.05, 0) is 24.3 Å². The van der Waals surface area contributed by atoms with E-state index in [2.05, 4.69) is 75.4 Å². The molecule has 25 heavy (non-hydrogen) atoms. The minimum absolute atomic E-state index is 0.670. The average Bonchev–Trinajstić information content (AvgIpc) is 3.27. The van der Waals surface area contributed by atoms with Gasteiger partial charge in [0.05, 0.1) is 6.54 Å². The van der Waals surface area contributed by atoms with E-state index in [0.717, 1.165) is 11.5 Å². The zero-order valence-electron chi connectivity index (χ0n) is 13.6. The van der Waals surface area contributed by atoms with Gasteiger partial charge in [0.25, 0.3) is 0 Å². The van der Waals surface area contributed by atoms with Crippen molar-refractivity contribution in [1.29, 1.82) is 0 Å². The van der Waals surface area contributed by atoms with Gasteiger partial charge in [-0.3, -0.25) is 4.57 Å². The van der Waals surface area contributed by atoms with Gasteiger partial charge in [-0.15, -0.1) is 10.2 Å². The van der Waals surface area contributed by atoms with Crippen LogP contribution >= 0.6 is 0 Å². The van der Waals surface area contributed by atoms with Crippen LogP contribution in [0, 0.1) is 0 Å². The van der Waals surface area contributed by atoms with Crippen LogP contribution < -0.4 is 0 Å². The quantitative estimate of drug-likeness (QED) is 0.492. The molecule has 0 aliphatic carbocycles. The van der Waals surface area contributed by atoms with E-state index in [0.29, 0.717) is 6.54 Å². The SMILES string of the molecule is c1ccc(-n2cnnc2Cn2c3ccccc3c3ccccc32)cc1. The maximum absolute atomic E-state index is 4.37. The fourth-order valence-electron chi connectivity index (χ4n) is 3.49. The van der Waals surface area contributed by atoms with Crippen LogP contribution in [0.25, 0.3) is 27.5 Å². The van der Waals surface area contributed by atoms with E-state index in [1.165, 1.54) is 21.8 Å². The summed E-state index contributed by atoms with van der Waals surface area (Å²) in [4.78, 5) is 0. The zero-order valence-corrected chi connectivity index (χ0v) is 13.6. The second-order valence-corrected chi connectivity index (χ2v) is 6.07. The molecule has 0 fully saturated rings. The third kappa shape index (κ3) is 2.22. The van der Waals surface area contributed by atoms with Gasteiger partial charge in [0, 0.05) is 27.5 Å².